The lowest BCUT2D eigenvalue weighted by Crippen LogP contribution is -2.37. The number of carbonyl (C=O) groups excluding carboxylic acids is 1. The lowest BCUT2D eigenvalue weighted by atomic mass is 9.73. The van der Waals surface area contributed by atoms with Crippen molar-refractivity contribution < 1.29 is 13.9 Å². The van der Waals surface area contributed by atoms with Gasteiger partial charge in [0.2, 0.25) is 5.78 Å². The van der Waals surface area contributed by atoms with E-state index in [1.54, 1.807) is 61.8 Å². The van der Waals surface area contributed by atoms with Gasteiger partial charge in [-0.05, 0) is 56.2 Å². The van der Waals surface area contributed by atoms with Crippen molar-refractivity contribution in [2.45, 2.75) is 41.1 Å². The van der Waals surface area contributed by atoms with Gasteiger partial charge in [0.05, 0.1) is 17.6 Å². The van der Waals surface area contributed by atoms with Crippen LogP contribution >= 0.6 is 11.8 Å². The SMILES string of the molecule is C[C@H]1C[C@@](C#N)(c2cccc(Sc3ccc(C(=O)c4ccnn4C)cc3)c2F)CCO1. The maximum atomic E-state index is 15.5. The number of carbonyl (C=O) groups is 1. The monoisotopic (exact) mass is 435 g/mol. The maximum absolute atomic E-state index is 15.5. The van der Waals surface area contributed by atoms with Crippen molar-refractivity contribution in [2.75, 3.05) is 6.61 Å². The first kappa shape index (κ1) is 21.3. The molecule has 1 saturated heterocycles. The van der Waals surface area contributed by atoms with Crippen LogP contribution in [-0.4, -0.2) is 28.3 Å². The van der Waals surface area contributed by atoms with E-state index in [2.05, 4.69) is 11.2 Å². The molecular weight excluding hydrogens is 413 g/mol. The molecule has 158 valence electrons. The third kappa shape index (κ3) is 4.14. The van der Waals surface area contributed by atoms with E-state index in [4.69, 9.17) is 4.74 Å². The van der Waals surface area contributed by atoms with Gasteiger partial charge in [0.25, 0.3) is 0 Å². The van der Waals surface area contributed by atoms with Crippen LogP contribution in [0.5, 0.6) is 0 Å². The number of aryl methyl sites for hydroxylation is 1. The Hall–Kier alpha value is -2.95. The molecule has 0 bridgehead atoms. The van der Waals surface area contributed by atoms with Crippen molar-refractivity contribution in [1.29, 1.82) is 5.26 Å². The van der Waals surface area contributed by atoms with Crippen LogP contribution in [0.25, 0.3) is 0 Å². The standard InChI is InChI=1S/C24H22FN3O2S/c1-16-14-24(15-26,11-13-30-16)19-4-3-5-21(22(19)25)31-18-8-6-17(7-9-18)23(29)20-10-12-27-28(20)2/h3-10,12,16H,11,13-14H2,1-2H3/t16-,24-/m0/s1. The summed E-state index contributed by atoms with van der Waals surface area (Å²) in [6.07, 6.45) is 2.44. The molecule has 0 saturated carbocycles. The van der Waals surface area contributed by atoms with Gasteiger partial charge < -0.3 is 4.74 Å². The number of rotatable bonds is 5. The summed E-state index contributed by atoms with van der Waals surface area (Å²) in [5, 5.41) is 13.9. The summed E-state index contributed by atoms with van der Waals surface area (Å²) < 4.78 is 22.6. The summed E-state index contributed by atoms with van der Waals surface area (Å²) in [6, 6.07) is 16.3. The Bertz CT molecular complexity index is 1150. The number of nitriles is 1. The Morgan fingerprint density at radius 3 is 2.71 bits per heavy atom. The molecule has 1 aliphatic heterocycles. The van der Waals surface area contributed by atoms with Crippen molar-refractivity contribution >= 4 is 17.5 Å². The fraction of sp³-hybridized carbons (Fsp3) is 0.292. The lowest BCUT2D eigenvalue weighted by molar-refractivity contribution is 0.00275. The average molecular weight is 436 g/mol. The first-order valence-corrected chi connectivity index (χ1v) is 10.9. The number of aromatic nitrogens is 2. The number of ether oxygens (including phenoxy) is 1. The molecule has 1 aromatic heterocycles. The fourth-order valence-electron chi connectivity index (χ4n) is 4.00. The number of hydrogen-bond acceptors (Lipinski definition) is 5. The minimum absolute atomic E-state index is 0.0892. The zero-order valence-electron chi connectivity index (χ0n) is 17.3. The summed E-state index contributed by atoms with van der Waals surface area (Å²) in [5.74, 6) is -0.479. The van der Waals surface area contributed by atoms with E-state index >= 15 is 4.39 Å². The topological polar surface area (TPSA) is 67.9 Å². The van der Waals surface area contributed by atoms with Gasteiger partial charge in [0, 0.05) is 40.8 Å². The normalized spacial score (nSPS) is 20.9. The Morgan fingerprint density at radius 2 is 2.06 bits per heavy atom. The van der Waals surface area contributed by atoms with Crippen molar-refractivity contribution in [3.05, 3.63) is 77.4 Å². The van der Waals surface area contributed by atoms with Crippen molar-refractivity contribution in [3.63, 3.8) is 0 Å². The summed E-state index contributed by atoms with van der Waals surface area (Å²) in [4.78, 5) is 13.9. The molecule has 2 aromatic carbocycles. The molecule has 31 heavy (non-hydrogen) atoms. The second kappa shape index (κ2) is 8.66. The summed E-state index contributed by atoms with van der Waals surface area (Å²) >= 11 is 1.28. The van der Waals surface area contributed by atoms with E-state index in [-0.39, 0.29) is 17.7 Å². The van der Waals surface area contributed by atoms with Gasteiger partial charge in [-0.3, -0.25) is 9.48 Å². The van der Waals surface area contributed by atoms with Gasteiger partial charge in [-0.2, -0.15) is 10.4 Å². The smallest absolute Gasteiger partial charge is 0.211 e. The molecule has 0 aliphatic carbocycles. The number of hydrogen-bond donors (Lipinski definition) is 0. The zero-order chi connectivity index (χ0) is 22.0. The van der Waals surface area contributed by atoms with Crippen LogP contribution in [-0.2, 0) is 17.2 Å². The minimum Gasteiger partial charge on any atom is -0.378 e. The van der Waals surface area contributed by atoms with Crippen molar-refractivity contribution in [1.82, 2.24) is 9.78 Å². The highest BCUT2D eigenvalue weighted by Gasteiger charge is 2.40. The molecule has 0 spiro atoms. The molecule has 0 radical (unpaired) electrons. The molecule has 1 aliphatic rings. The summed E-state index contributed by atoms with van der Waals surface area (Å²) in [7, 11) is 1.72. The highest BCUT2D eigenvalue weighted by Crippen LogP contribution is 2.41. The summed E-state index contributed by atoms with van der Waals surface area (Å²) in [5.41, 5.74) is 0.601. The van der Waals surface area contributed by atoms with Crippen molar-refractivity contribution in [2.24, 2.45) is 7.05 Å². The van der Waals surface area contributed by atoms with Gasteiger partial charge in [-0.15, -0.1) is 0 Å². The largest absolute Gasteiger partial charge is 0.378 e. The van der Waals surface area contributed by atoms with Gasteiger partial charge in [0.15, 0.2) is 0 Å². The highest BCUT2D eigenvalue weighted by molar-refractivity contribution is 7.99. The first-order chi connectivity index (χ1) is 14.9. The molecule has 1 fully saturated rings. The third-order valence-corrected chi connectivity index (χ3v) is 6.70. The van der Waals surface area contributed by atoms with E-state index in [0.29, 0.717) is 41.2 Å². The molecule has 0 unspecified atom stereocenters. The Morgan fingerprint density at radius 1 is 1.29 bits per heavy atom. The second-order valence-corrected chi connectivity index (χ2v) is 8.86. The number of ketones is 1. The molecule has 2 heterocycles. The maximum Gasteiger partial charge on any atom is 0.211 e. The minimum atomic E-state index is -0.877. The molecule has 0 N–H and O–H groups in total. The van der Waals surface area contributed by atoms with Gasteiger partial charge in [0.1, 0.15) is 11.5 Å². The number of benzene rings is 2. The predicted molar refractivity (Wildman–Crippen MR) is 116 cm³/mol. The quantitative estimate of drug-likeness (QED) is 0.533. The van der Waals surface area contributed by atoms with Crippen LogP contribution in [0.1, 0.15) is 41.4 Å². The van der Waals surface area contributed by atoms with Crippen LogP contribution in [0.15, 0.2) is 64.5 Å². The molecule has 3 aromatic rings. The van der Waals surface area contributed by atoms with Crippen LogP contribution in [0.2, 0.25) is 0 Å². The molecule has 2 atom stereocenters. The van der Waals surface area contributed by atoms with Crippen LogP contribution in [0.3, 0.4) is 0 Å². The highest BCUT2D eigenvalue weighted by atomic mass is 32.2. The van der Waals surface area contributed by atoms with E-state index in [9.17, 15) is 10.1 Å². The number of halogens is 1. The fourth-order valence-corrected chi connectivity index (χ4v) is 4.87. The molecular formula is C24H22FN3O2S. The van der Waals surface area contributed by atoms with Crippen molar-refractivity contribution in [3.8, 4) is 6.07 Å². The van der Waals surface area contributed by atoms with E-state index < -0.39 is 5.41 Å². The Balaban J connectivity index is 1.58. The van der Waals surface area contributed by atoms with E-state index in [1.165, 1.54) is 16.4 Å². The van der Waals surface area contributed by atoms with E-state index in [0.717, 1.165) is 4.90 Å². The zero-order valence-corrected chi connectivity index (χ0v) is 18.2. The van der Waals surface area contributed by atoms with Gasteiger partial charge in [-0.25, -0.2) is 4.39 Å². The lowest BCUT2D eigenvalue weighted by Gasteiger charge is -2.35. The molecule has 5 nitrogen and oxygen atoms in total. The first-order valence-electron chi connectivity index (χ1n) is 10.1. The van der Waals surface area contributed by atoms with Crippen LogP contribution < -0.4 is 0 Å². The molecule has 4 rings (SSSR count). The Kier molecular flexibility index (Phi) is 5.94. The van der Waals surface area contributed by atoms with Crippen LogP contribution in [0.4, 0.5) is 4.39 Å². The third-order valence-electron chi connectivity index (χ3n) is 5.66. The number of nitrogens with zero attached hydrogens (tertiary/aromatic N) is 3. The molecule has 7 heteroatoms. The van der Waals surface area contributed by atoms with Gasteiger partial charge in [-0.1, -0.05) is 23.9 Å². The second-order valence-electron chi connectivity index (χ2n) is 7.74. The molecule has 0 amide bonds. The van der Waals surface area contributed by atoms with Crippen LogP contribution in [0, 0.1) is 17.1 Å². The summed E-state index contributed by atoms with van der Waals surface area (Å²) in [6.45, 7) is 2.35. The average Bonchev–Trinajstić information content (AvgIpc) is 3.21. The predicted octanol–water partition coefficient (Wildman–Crippen LogP) is 4.90. The van der Waals surface area contributed by atoms with E-state index in [1.807, 2.05) is 6.92 Å². The van der Waals surface area contributed by atoms with Gasteiger partial charge >= 0.3 is 0 Å². The Labute approximate surface area is 184 Å².